The lowest BCUT2D eigenvalue weighted by Gasteiger charge is -2.28. The SMILES string of the molecule is COc1ccc(OC)c([C@@H]2CC(=O)Nc3c2c(=O)nc(SCc2ccc(F)cc2)n3C)c1. The monoisotopic (exact) mass is 455 g/mol. The van der Waals surface area contributed by atoms with Crippen LogP contribution in [-0.4, -0.2) is 29.7 Å². The van der Waals surface area contributed by atoms with Crippen LogP contribution in [0.4, 0.5) is 10.2 Å². The lowest BCUT2D eigenvalue weighted by molar-refractivity contribution is -0.116. The van der Waals surface area contributed by atoms with Gasteiger partial charge in [-0.2, -0.15) is 4.98 Å². The van der Waals surface area contributed by atoms with Gasteiger partial charge < -0.3 is 19.4 Å². The molecule has 2 heterocycles. The van der Waals surface area contributed by atoms with E-state index in [4.69, 9.17) is 9.47 Å². The topological polar surface area (TPSA) is 82.4 Å². The summed E-state index contributed by atoms with van der Waals surface area (Å²) in [4.78, 5) is 30.0. The molecule has 1 atom stereocenters. The Morgan fingerprint density at radius 2 is 1.91 bits per heavy atom. The Balaban J connectivity index is 1.75. The number of carbonyl (C=O) groups is 1. The van der Waals surface area contributed by atoms with Crippen molar-refractivity contribution >= 4 is 23.5 Å². The summed E-state index contributed by atoms with van der Waals surface area (Å²) in [6.07, 6.45) is 0.0928. The van der Waals surface area contributed by atoms with Crippen molar-refractivity contribution in [2.24, 2.45) is 7.05 Å². The van der Waals surface area contributed by atoms with Crippen molar-refractivity contribution in [2.45, 2.75) is 23.2 Å². The van der Waals surface area contributed by atoms with Crippen LogP contribution in [0.5, 0.6) is 11.5 Å². The molecule has 7 nitrogen and oxygen atoms in total. The molecule has 9 heteroatoms. The number of hydrogen-bond donors (Lipinski definition) is 1. The fourth-order valence-corrected chi connectivity index (χ4v) is 4.69. The molecule has 1 amide bonds. The molecule has 1 aliphatic heterocycles. The summed E-state index contributed by atoms with van der Waals surface area (Å²) in [7, 11) is 4.85. The summed E-state index contributed by atoms with van der Waals surface area (Å²) in [5.41, 5.74) is 1.58. The third-order valence-corrected chi connectivity index (χ3v) is 6.50. The van der Waals surface area contributed by atoms with Gasteiger partial charge in [-0.05, 0) is 35.9 Å². The first kappa shape index (κ1) is 21.9. The molecule has 4 rings (SSSR count). The predicted molar refractivity (Wildman–Crippen MR) is 120 cm³/mol. The van der Waals surface area contributed by atoms with Crippen molar-refractivity contribution in [3.05, 3.63) is 75.3 Å². The van der Waals surface area contributed by atoms with E-state index in [2.05, 4.69) is 10.3 Å². The van der Waals surface area contributed by atoms with E-state index in [-0.39, 0.29) is 18.1 Å². The maximum atomic E-state index is 13.1. The van der Waals surface area contributed by atoms with Crippen molar-refractivity contribution in [3.63, 3.8) is 0 Å². The van der Waals surface area contributed by atoms with Gasteiger partial charge in [-0.15, -0.1) is 0 Å². The fourth-order valence-electron chi connectivity index (χ4n) is 3.77. The number of nitrogens with zero attached hydrogens (tertiary/aromatic N) is 2. The van der Waals surface area contributed by atoms with Crippen LogP contribution < -0.4 is 20.3 Å². The molecule has 32 heavy (non-hydrogen) atoms. The van der Waals surface area contributed by atoms with Gasteiger partial charge in [0.15, 0.2) is 5.16 Å². The van der Waals surface area contributed by atoms with Crippen molar-refractivity contribution in [1.29, 1.82) is 0 Å². The van der Waals surface area contributed by atoms with Crippen LogP contribution in [0.1, 0.15) is 29.0 Å². The third-order valence-electron chi connectivity index (χ3n) is 5.39. The number of benzene rings is 2. The average Bonchev–Trinajstić information content (AvgIpc) is 2.80. The molecule has 2 aromatic carbocycles. The predicted octanol–water partition coefficient (Wildman–Crippen LogP) is 3.70. The number of ether oxygens (including phenoxy) is 2. The zero-order valence-electron chi connectivity index (χ0n) is 17.8. The first-order chi connectivity index (χ1) is 15.4. The number of aromatic nitrogens is 2. The number of nitrogens with one attached hydrogen (secondary N) is 1. The molecular weight excluding hydrogens is 433 g/mol. The van der Waals surface area contributed by atoms with Crippen molar-refractivity contribution in [1.82, 2.24) is 9.55 Å². The van der Waals surface area contributed by atoms with E-state index in [1.807, 2.05) is 0 Å². The quantitative estimate of drug-likeness (QED) is 0.451. The summed E-state index contributed by atoms with van der Waals surface area (Å²) in [6.45, 7) is 0. The van der Waals surface area contributed by atoms with Crippen LogP contribution in [0, 0.1) is 5.82 Å². The number of fused-ring (bicyclic) bond motifs is 1. The molecule has 0 radical (unpaired) electrons. The molecule has 1 aromatic heterocycles. The summed E-state index contributed by atoms with van der Waals surface area (Å²) >= 11 is 1.34. The molecule has 166 valence electrons. The Morgan fingerprint density at radius 1 is 1.16 bits per heavy atom. The van der Waals surface area contributed by atoms with Crippen molar-refractivity contribution in [2.75, 3.05) is 19.5 Å². The smallest absolute Gasteiger partial charge is 0.279 e. The van der Waals surface area contributed by atoms with E-state index in [1.54, 1.807) is 56.2 Å². The lowest BCUT2D eigenvalue weighted by atomic mass is 9.86. The van der Waals surface area contributed by atoms with Gasteiger partial charge in [0.2, 0.25) is 5.91 Å². The molecule has 1 aliphatic rings. The summed E-state index contributed by atoms with van der Waals surface area (Å²) < 4.78 is 25.7. The molecule has 0 spiro atoms. The molecule has 0 saturated heterocycles. The van der Waals surface area contributed by atoms with E-state index >= 15 is 0 Å². The van der Waals surface area contributed by atoms with Crippen LogP contribution in [0.15, 0.2) is 52.4 Å². The highest BCUT2D eigenvalue weighted by Crippen LogP contribution is 2.41. The highest BCUT2D eigenvalue weighted by Gasteiger charge is 2.34. The molecule has 1 N–H and O–H groups in total. The number of halogens is 1. The number of anilines is 1. The van der Waals surface area contributed by atoms with E-state index in [9.17, 15) is 14.0 Å². The second-order valence-corrected chi connectivity index (χ2v) is 8.29. The minimum atomic E-state index is -0.522. The normalized spacial score (nSPS) is 15.1. The van der Waals surface area contributed by atoms with E-state index in [1.165, 1.54) is 23.9 Å². The fraction of sp³-hybridized carbons (Fsp3) is 0.261. The molecule has 0 bridgehead atoms. The average molecular weight is 456 g/mol. The Bertz CT molecular complexity index is 1230. The Hall–Kier alpha value is -3.33. The maximum Gasteiger partial charge on any atom is 0.279 e. The van der Waals surface area contributed by atoms with Crippen LogP contribution in [0.3, 0.4) is 0 Å². The van der Waals surface area contributed by atoms with Gasteiger partial charge in [0, 0.05) is 30.7 Å². The van der Waals surface area contributed by atoms with Gasteiger partial charge in [0.05, 0.1) is 19.8 Å². The van der Waals surface area contributed by atoms with Crippen molar-refractivity contribution < 1.29 is 18.7 Å². The standard InChI is InChI=1S/C23H22FN3O4S/c1-27-21-20(22(29)26-23(27)32-12-13-4-6-14(24)7-5-13)17(11-19(28)25-21)16-10-15(30-2)8-9-18(16)31-3/h4-10,17H,11-12H2,1-3H3,(H,25,28)/t17-/m0/s1. The second kappa shape index (κ2) is 9.04. The second-order valence-electron chi connectivity index (χ2n) is 7.35. The van der Waals surface area contributed by atoms with Crippen LogP contribution in [0.25, 0.3) is 0 Å². The minimum absolute atomic E-state index is 0.0928. The van der Waals surface area contributed by atoms with Gasteiger partial charge in [-0.1, -0.05) is 23.9 Å². The summed E-state index contributed by atoms with van der Waals surface area (Å²) in [5, 5.41) is 3.29. The Labute approximate surface area is 188 Å². The van der Waals surface area contributed by atoms with Crippen LogP contribution in [-0.2, 0) is 17.6 Å². The summed E-state index contributed by atoms with van der Waals surface area (Å²) in [5.74, 6) is 1.05. The lowest BCUT2D eigenvalue weighted by Crippen LogP contribution is -2.33. The number of methoxy groups -OCH3 is 2. The summed E-state index contributed by atoms with van der Waals surface area (Å²) in [6, 6.07) is 11.5. The molecule has 3 aromatic rings. The van der Waals surface area contributed by atoms with Gasteiger partial charge in [-0.25, -0.2) is 4.39 Å². The zero-order valence-corrected chi connectivity index (χ0v) is 18.7. The molecule has 0 saturated carbocycles. The van der Waals surface area contributed by atoms with Gasteiger partial charge in [0.1, 0.15) is 23.1 Å². The first-order valence-corrected chi connectivity index (χ1v) is 10.9. The van der Waals surface area contributed by atoms with E-state index < -0.39 is 11.5 Å². The zero-order chi connectivity index (χ0) is 22.8. The third kappa shape index (κ3) is 4.20. The molecule has 0 aliphatic carbocycles. The minimum Gasteiger partial charge on any atom is -0.497 e. The maximum absolute atomic E-state index is 13.1. The van der Waals surface area contributed by atoms with Gasteiger partial charge >= 0.3 is 0 Å². The number of thioether (sulfide) groups is 1. The van der Waals surface area contributed by atoms with E-state index in [0.717, 1.165) is 5.56 Å². The molecular formula is C23H22FN3O4S. The largest absolute Gasteiger partial charge is 0.497 e. The number of rotatable bonds is 6. The van der Waals surface area contributed by atoms with Crippen molar-refractivity contribution in [3.8, 4) is 11.5 Å². The van der Waals surface area contributed by atoms with Crippen LogP contribution >= 0.6 is 11.8 Å². The molecule has 0 fully saturated rings. The van der Waals surface area contributed by atoms with Crippen LogP contribution in [0.2, 0.25) is 0 Å². The Kier molecular flexibility index (Phi) is 6.18. The van der Waals surface area contributed by atoms with Gasteiger partial charge in [-0.3, -0.25) is 9.59 Å². The number of amides is 1. The number of hydrogen-bond acceptors (Lipinski definition) is 6. The highest BCUT2D eigenvalue weighted by atomic mass is 32.2. The molecule has 0 unspecified atom stereocenters. The Morgan fingerprint density at radius 3 is 2.59 bits per heavy atom. The van der Waals surface area contributed by atoms with E-state index in [0.29, 0.717) is 39.4 Å². The van der Waals surface area contributed by atoms with Gasteiger partial charge in [0.25, 0.3) is 5.56 Å². The first-order valence-electron chi connectivity index (χ1n) is 9.91. The highest BCUT2D eigenvalue weighted by molar-refractivity contribution is 7.98. The number of carbonyl (C=O) groups excluding carboxylic acids is 1.